The van der Waals surface area contributed by atoms with Crippen LogP contribution >= 0.6 is 0 Å². The third-order valence-electron chi connectivity index (χ3n) is 3.92. The van der Waals surface area contributed by atoms with Crippen LogP contribution in [-0.2, 0) is 4.74 Å². The standard InChI is InChI=1S/C17H17N3O/c1-2-12(8-13(3-1)16-11-18-6-7-21-16)15-9-14-4-5-19-17(14)20-10-15/h1-5,8-10,16,18H,6-7,11H2,(H,19,20). The molecule has 3 heterocycles. The van der Waals surface area contributed by atoms with Gasteiger partial charge in [-0.15, -0.1) is 0 Å². The summed E-state index contributed by atoms with van der Waals surface area (Å²) in [7, 11) is 0. The number of nitrogens with one attached hydrogen (secondary N) is 2. The van der Waals surface area contributed by atoms with E-state index in [1.165, 1.54) is 11.1 Å². The van der Waals surface area contributed by atoms with Crippen LogP contribution in [0.4, 0.5) is 0 Å². The van der Waals surface area contributed by atoms with Crippen molar-refractivity contribution < 1.29 is 4.74 Å². The molecule has 0 amide bonds. The maximum atomic E-state index is 5.83. The van der Waals surface area contributed by atoms with Gasteiger partial charge in [0.15, 0.2) is 0 Å². The van der Waals surface area contributed by atoms with Gasteiger partial charge in [-0.3, -0.25) is 0 Å². The van der Waals surface area contributed by atoms with Gasteiger partial charge < -0.3 is 15.0 Å². The van der Waals surface area contributed by atoms with Crippen LogP contribution in [0.25, 0.3) is 22.2 Å². The third kappa shape index (κ3) is 2.44. The van der Waals surface area contributed by atoms with Crippen molar-refractivity contribution in [1.82, 2.24) is 15.3 Å². The lowest BCUT2D eigenvalue weighted by Gasteiger charge is -2.24. The highest BCUT2D eigenvalue weighted by atomic mass is 16.5. The Kier molecular flexibility index (Phi) is 3.18. The van der Waals surface area contributed by atoms with Crippen molar-refractivity contribution in [3.05, 3.63) is 54.4 Å². The van der Waals surface area contributed by atoms with Crippen LogP contribution in [0.5, 0.6) is 0 Å². The molecule has 106 valence electrons. The van der Waals surface area contributed by atoms with Crippen molar-refractivity contribution >= 4 is 11.0 Å². The predicted octanol–water partition coefficient (Wildman–Crippen LogP) is 2.89. The monoisotopic (exact) mass is 279 g/mol. The van der Waals surface area contributed by atoms with Crippen LogP contribution < -0.4 is 5.32 Å². The van der Waals surface area contributed by atoms with E-state index in [9.17, 15) is 0 Å². The molecule has 0 radical (unpaired) electrons. The SMILES string of the molecule is c1cc(-c2cnc3[nH]ccc3c2)cc(C2CNCCO2)c1. The second-order valence-electron chi connectivity index (χ2n) is 5.33. The first-order valence-electron chi connectivity index (χ1n) is 7.26. The molecular formula is C17H17N3O. The Hall–Kier alpha value is -2.17. The highest BCUT2D eigenvalue weighted by molar-refractivity contribution is 5.81. The van der Waals surface area contributed by atoms with Crippen molar-refractivity contribution in [1.29, 1.82) is 0 Å². The molecule has 0 bridgehead atoms. The van der Waals surface area contributed by atoms with E-state index in [2.05, 4.69) is 45.6 Å². The predicted molar refractivity (Wildman–Crippen MR) is 83.1 cm³/mol. The first kappa shape index (κ1) is 12.6. The van der Waals surface area contributed by atoms with Gasteiger partial charge in [0.1, 0.15) is 5.65 Å². The maximum Gasteiger partial charge on any atom is 0.137 e. The molecule has 4 rings (SSSR count). The molecule has 0 saturated carbocycles. The molecule has 3 aromatic rings. The van der Waals surface area contributed by atoms with Crippen LogP contribution in [0.3, 0.4) is 0 Å². The highest BCUT2D eigenvalue weighted by Crippen LogP contribution is 2.26. The van der Waals surface area contributed by atoms with E-state index in [1.807, 2.05) is 18.5 Å². The zero-order chi connectivity index (χ0) is 14.1. The highest BCUT2D eigenvalue weighted by Gasteiger charge is 2.16. The van der Waals surface area contributed by atoms with E-state index in [0.717, 1.165) is 36.3 Å². The average Bonchev–Trinajstić information content (AvgIpc) is 3.03. The van der Waals surface area contributed by atoms with E-state index >= 15 is 0 Å². The fourth-order valence-electron chi connectivity index (χ4n) is 2.80. The summed E-state index contributed by atoms with van der Waals surface area (Å²) in [6.07, 6.45) is 3.97. The van der Waals surface area contributed by atoms with Gasteiger partial charge in [-0.25, -0.2) is 4.98 Å². The molecule has 1 aliphatic heterocycles. The van der Waals surface area contributed by atoms with Crippen molar-refractivity contribution in [3.63, 3.8) is 0 Å². The number of nitrogens with zero attached hydrogens (tertiary/aromatic N) is 1. The van der Waals surface area contributed by atoms with Gasteiger partial charge in [-0.2, -0.15) is 0 Å². The Bertz CT molecular complexity index is 759. The largest absolute Gasteiger partial charge is 0.371 e. The van der Waals surface area contributed by atoms with Gasteiger partial charge in [0.2, 0.25) is 0 Å². The molecule has 4 heteroatoms. The zero-order valence-corrected chi connectivity index (χ0v) is 11.7. The van der Waals surface area contributed by atoms with Crippen molar-refractivity contribution in [3.8, 4) is 11.1 Å². The number of ether oxygens (including phenoxy) is 1. The Labute approximate surface area is 123 Å². The molecule has 0 spiro atoms. The van der Waals surface area contributed by atoms with Gasteiger partial charge in [0.25, 0.3) is 0 Å². The number of aromatic amines is 1. The second-order valence-corrected chi connectivity index (χ2v) is 5.33. The number of hydrogen-bond donors (Lipinski definition) is 2. The summed E-state index contributed by atoms with van der Waals surface area (Å²) in [4.78, 5) is 7.58. The Morgan fingerprint density at radius 1 is 1.14 bits per heavy atom. The minimum Gasteiger partial charge on any atom is -0.371 e. The topological polar surface area (TPSA) is 49.9 Å². The second kappa shape index (κ2) is 5.31. The summed E-state index contributed by atoms with van der Waals surface area (Å²) in [6.45, 7) is 2.58. The molecule has 1 saturated heterocycles. The van der Waals surface area contributed by atoms with Gasteiger partial charge >= 0.3 is 0 Å². The number of morpholine rings is 1. The molecule has 4 nitrogen and oxygen atoms in total. The number of hydrogen-bond acceptors (Lipinski definition) is 3. The first-order chi connectivity index (χ1) is 10.4. The van der Waals surface area contributed by atoms with Crippen molar-refractivity contribution in [2.24, 2.45) is 0 Å². The maximum absolute atomic E-state index is 5.83. The minimum absolute atomic E-state index is 0.141. The van der Waals surface area contributed by atoms with Crippen LogP contribution in [0.1, 0.15) is 11.7 Å². The van der Waals surface area contributed by atoms with E-state index in [-0.39, 0.29) is 6.10 Å². The quantitative estimate of drug-likeness (QED) is 0.758. The Balaban J connectivity index is 1.70. The number of H-pyrrole nitrogens is 1. The average molecular weight is 279 g/mol. The molecule has 0 aliphatic carbocycles. The lowest BCUT2D eigenvalue weighted by atomic mass is 10.0. The number of benzene rings is 1. The zero-order valence-electron chi connectivity index (χ0n) is 11.7. The fraction of sp³-hybridized carbons (Fsp3) is 0.235. The summed E-state index contributed by atoms with van der Waals surface area (Å²) < 4.78 is 5.83. The molecule has 2 aromatic heterocycles. The molecular weight excluding hydrogens is 262 g/mol. The Morgan fingerprint density at radius 2 is 2.14 bits per heavy atom. The van der Waals surface area contributed by atoms with Gasteiger partial charge in [-0.05, 0) is 29.3 Å². The van der Waals surface area contributed by atoms with E-state index in [0.29, 0.717) is 0 Å². The molecule has 1 aliphatic rings. The summed E-state index contributed by atoms with van der Waals surface area (Å²) in [5.74, 6) is 0. The van der Waals surface area contributed by atoms with E-state index in [1.54, 1.807) is 0 Å². The van der Waals surface area contributed by atoms with Crippen LogP contribution in [-0.4, -0.2) is 29.7 Å². The molecule has 1 fully saturated rings. The fourth-order valence-corrected chi connectivity index (χ4v) is 2.80. The third-order valence-corrected chi connectivity index (χ3v) is 3.92. The Morgan fingerprint density at radius 3 is 3.05 bits per heavy atom. The van der Waals surface area contributed by atoms with Crippen LogP contribution in [0.15, 0.2) is 48.8 Å². The lowest BCUT2D eigenvalue weighted by Crippen LogP contribution is -2.33. The number of rotatable bonds is 2. The summed E-state index contributed by atoms with van der Waals surface area (Å²) >= 11 is 0. The van der Waals surface area contributed by atoms with Gasteiger partial charge in [0.05, 0.1) is 12.7 Å². The minimum atomic E-state index is 0.141. The van der Waals surface area contributed by atoms with E-state index < -0.39 is 0 Å². The molecule has 1 atom stereocenters. The number of pyridine rings is 1. The summed E-state index contributed by atoms with van der Waals surface area (Å²) in [6, 6.07) is 12.7. The van der Waals surface area contributed by atoms with Crippen molar-refractivity contribution in [2.45, 2.75) is 6.10 Å². The molecule has 2 N–H and O–H groups in total. The molecule has 1 aromatic carbocycles. The lowest BCUT2D eigenvalue weighted by molar-refractivity contribution is 0.0277. The normalized spacial score (nSPS) is 19.0. The smallest absolute Gasteiger partial charge is 0.137 e. The van der Waals surface area contributed by atoms with E-state index in [4.69, 9.17) is 4.74 Å². The molecule has 21 heavy (non-hydrogen) atoms. The van der Waals surface area contributed by atoms with Crippen molar-refractivity contribution in [2.75, 3.05) is 19.7 Å². The van der Waals surface area contributed by atoms with Gasteiger partial charge in [-0.1, -0.05) is 18.2 Å². The van der Waals surface area contributed by atoms with Crippen LogP contribution in [0, 0.1) is 0 Å². The summed E-state index contributed by atoms with van der Waals surface area (Å²) in [5, 5.41) is 4.50. The first-order valence-corrected chi connectivity index (χ1v) is 7.26. The summed E-state index contributed by atoms with van der Waals surface area (Å²) in [5.41, 5.74) is 4.45. The molecule has 1 unspecified atom stereocenters. The van der Waals surface area contributed by atoms with Crippen LogP contribution in [0.2, 0.25) is 0 Å². The number of aromatic nitrogens is 2. The van der Waals surface area contributed by atoms with Gasteiger partial charge in [0, 0.05) is 36.4 Å². The number of fused-ring (bicyclic) bond motifs is 1.